The van der Waals surface area contributed by atoms with E-state index >= 15 is 0 Å². The zero-order valence-electron chi connectivity index (χ0n) is 16.3. The molecule has 0 amide bonds. The van der Waals surface area contributed by atoms with E-state index in [0.717, 1.165) is 35.5 Å². The van der Waals surface area contributed by atoms with E-state index in [4.69, 9.17) is 4.74 Å². The van der Waals surface area contributed by atoms with E-state index in [9.17, 15) is 8.78 Å². The minimum absolute atomic E-state index is 0. The quantitative estimate of drug-likeness (QED) is 0.220. The molecule has 0 aliphatic rings. The van der Waals surface area contributed by atoms with Crippen LogP contribution in [0.2, 0.25) is 0 Å². The van der Waals surface area contributed by atoms with Crippen molar-refractivity contribution in [2.75, 3.05) is 26.7 Å². The first-order valence-corrected chi connectivity index (χ1v) is 9.02. The van der Waals surface area contributed by atoms with Crippen LogP contribution in [-0.4, -0.2) is 42.1 Å². The monoisotopic (exact) mass is 515 g/mol. The Kier molecular flexibility index (Phi) is 8.62. The maximum Gasteiger partial charge on any atom is 0.191 e. The first-order valence-electron chi connectivity index (χ1n) is 9.02. The Morgan fingerprint density at radius 1 is 1.21 bits per heavy atom. The third kappa shape index (κ3) is 6.28. The molecule has 0 saturated heterocycles. The number of imidazole rings is 1. The molecular weight excluding hydrogens is 491 g/mol. The number of guanidine groups is 1. The Labute approximate surface area is 185 Å². The van der Waals surface area contributed by atoms with Gasteiger partial charge in [-0.25, -0.2) is 13.8 Å². The van der Waals surface area contributed by atoms with Gasteiger partial charge in [0.15, 0.2) is 17.5 Å². The van der Waals surface area contributed by atoms with Crippen LogP contribution >= 0.6 is 24.0 Å². The molecule has 9 heteroatoms. The number of aryl methyl sites for hydroxylation is 1. The highest BCUT2D eigenvalue weighted by molar-refractivity contribution is 14.0. The largest absolute Gasteiger partial charge is 0.489 e. The van der Waals surface area contributed by atoms with Crippen molar-refractivity contribution in [3.63, 3.8) is 0 Å². The normalized spacial score (nSPS) is 11.2. The summed E-state index contributed by atoms with van der Waals surface area (Å²) in [5.41, 5.74) is 3.09. The highest BCUT2D eigenvalue weighted by Crippen LogP contribution is 2.17. The highest BCUT2D eigenvalue weighted by atomic mass is 127. The van der Waals surface area contributed by atoms with Crippen molar-refractivity contribution < 1.29 is 13.5 Å². The predicted molar refractivity (Wildman–Crippen MR) is 120 cm³/mol. The summed E-state index contributed by atoms with van der Waals surface area (Å²) in [6.07, 6.45) is 4.75. The van der Waals surface area contributed by atoms with E-state index < -0.39 is 11.6 Å². The van der Waals surface area contributed by atoms with Crippen LogP contribution < -0.4 is 15.4 Å². The lowest BCUT2D eigenvalue weighted by Crippen LogP contribution is -2.40. The van der Waals surface area contributed by atoms with E-state index in [1.165, 1.54) is 6.07 Å². The molecule has 6 nitrogen and oxygen atoms in total. The van der Waals surface area contributed by atoms with E-state index in [1.807, 2.05) is 35.9 Å². The molecule has 3 aromatic rings. The second-order valence-electron chi connectivity index (χ2n) is 6.25. The Balaban J connectivity index is 0.00000300. The second kappa shape index (κ2) is 10.9. The molecule has 0 fully saturated rings. The molecular formula is C20H24F2IN5O. The number of pyridine rings is 1. The SMILES string of the molecule is CN=C(NCCOc1ccc(F)cc1F)NCCc1cn2cccc(C)c2n1.I. The van der Waals surface area contributed by atoms with Gasteiger partial charge in [-0.05, 0) is 30.7 Å². The van der Waals surface area contributed by atoms with Gasteiger partial charge in [-0.2, -0.15) is 0 Å². The van der Waals surface area contributed by atoms with Crippen LogP contribution in [0, 0.1) is 18.6 Å². The molecule has 156 valence electrons. The zero-order valence-corrected chi connectivity index (χ0v) is 18.6. The Morgan fingerprint density at radius 3 is 2.72 bits per heavy atom. The van der Waals surface area contributed by atoms with Gasteiger partial charge in [0.2, 0.25) is 0 Å². The Bertz CT molecular complexity index is 977. The van der Waals surface area contributed by atoms with Gasteiger partial charge in [0.1, 0.15) is 18.1 Å². The topological polar surface area (TPSA) is 63.0 Å². The Morgan fingerprint density at radius 2 is 2.00 bits per heavy atom. The Hall–Kier alpha value is -2.43. The molecule has 0 unspecified atom stereocenters. The van der Waals surface area contributed by atoms with Crippen LogP contribution in [0.4, 0.5) is 8.78 Å². The molecule has 2 heterocycles. The van der Waals surface area contributed by atoms with Crippen LogP contribution in [0.5, 0.6) is 5.75 Å². The molecule has 0 atom stereocenters. The number of aromatic nitrogens is 2. The molecule has 0 spiro atoms. The summed E-state index contributed by atoms with van der Waals surface area (Å²) in [4.78, 5) is 8.78. The fraction of sp³-hybridized carbons (Fsp3) is 0.300. The van der Waals surface area contributed by atoms with Crippen molar-refractivity contribution in [3.8, 4) is 5.75 Å². The summed E-state index contributed by atoms with van der Waals surface area (Å²) < 4.78 is 33.7. The second-order valence-corrected chi connectivity index (χ2v) is 6.25. The smallest absolute Gasteiger partial charge is 0.191 e. The summed E-state index contributed by atoms with van der Waals surface area (Å²) in [6, 6.07) is 7.26. The van der Waals surface area contributed by atoms with Gasteiger partial charge in [0.05, 0.1) is 12.2 Å². The minimum atomic E-state index is -0.717. The number of halogens is 3. The lowest BCUT2D eigenvalue weighted by atomic mass is 10.3. The van der Waals surface area contributed by atoms with Crippen molar-refractivity contribution in [3.05, 3.63) is 65.6 Å². The maximum absolute atomic E-state index is 13.5. The molecule has 29 heavy (non-hydrogen) atoms. The average molecular weight is 515 g/mol. The number of ether oxygens (including phenoxy) is 1. The lowest BCUT2D eigenvalue weighted by Gasteiger charge is -2.12. The van der Waals surface area contributed by atoms with Gasteiger partial charge >= 0.3 is 0 Å². The number of nitrogens with zero attached hydrogens (tertiary/aromatic N) is 3. The molecule has 0 radical (unpaired) electrons. The summed E-state index contributed by atoms with van der Waals surface area (Å²) in [6.45, 7) is 3.34. The molecule has 2 N–H and O–H groups in total. The highest BCUT2D eigenvalue weighted by Gasteiger charge is 2.06. The van der Waals surface area contributed by atoms with Gasteiger partial charge in [-0.15, -0.1) is 24.0 Å². The molecule has 0 aliphatic heterocycles. The molecule has 0 bridgehead atoms. The number of benzene rings is 1. The van der Waals surface area contributed by atoms with E-state index in [0.29, 0.717) is 19.0 Å². The van der Waals surface area contributed by atoms with Crippen molar-refractivity contribution in [1.29, 1.82) is 0 Å². The summed E-state index contributed by atoms with van der Waals surface area (Å²) in [7, 11) is 1.67. The van der Waals surface area contributed by atoms with Gasteiger partial charge in [-0.3, -0.25) is 4.99 Å². The zero-order chi connectivity index (χ0) is 19.9. The first kappa shape index (κ1) is 22.9. The third-order valence-corrected chi connectivity index (χ3v) is 4.17. The van der Waals surface area contributed by atoms with Crippen LogP contribution in [0.1, 0.15) is 11.3 Å². The molecule has 0 saturated carbocycles. The fourth-order valence-electron chi connectivity index (χ4n) is 2.78. The summed E-state index contributed by atoms with van der Waals surface area (Å²) >= 11 is 0. The molecule has 2 aromatic heterocycles. The lowest BCUT2D eigenvalue weighted by molar-refractivity contribution is 0.304. The van der Waals surface area contributed by atoms with Crippen molar-refractivity contribution in [2.45, 2.75) is 13.3 Å². The maximum atomic E-state index is 13.5. The average Bonchev–Trinajstić information content (AvgIpc) is 3.09. The summed E-state index contributed by atoms with van der Waals surface area (Å²) in [5.74, 6) is -0.713. The molecule has 0 aliphatic carbocycles. The molecule has 1 aromatic carbocycles. The van der Waals surface area contributed by atoms with E-state index in [1.54, 1.807) is 7.05 Å². The van der Waals surface area contributed by atoms with E-state index in [2.05, 4.69) is 20.6 Å². The summed E-state index contributed by atoms with van der Waals surface area (Å²) in [5, 5.41) is 6.29. The van der Waals surface area contributed by atoms with Gasteiger partial charge in [0, 0.05) is 38.5 Å². The number of aliphatic imine (C=N–C) groups is 1. The number of hydrogen-bond acceptors (Lipinski definition) is 3. The number of fused-ring (bicyclic) bond motifs is 1. The van der Waals surface area contributed by atoms with E-state index in [-0.39, 0.29) is 36.3 Å². The minimum Gasteiger partial charge on any atom is -0.489 e. The van der Waals surface area contributed by atoms with Gasteiger partial charge in [0.25, 0.3) is 0 Å². The fourth-order valence-corrected chi connectivity index (χ4v) is 2.78. The standard InChI is InChI=1S/C20H23F2N5O.HI/c1-14-4-3-10-27-13-16(26-19(14)27)7-8-24-20(23-2)25-9-11-28-18-6-5-15(21)12-17(18)22;/h3-6,10,12-13H,7-9,11H2,1-2H3,(H2,23,24,25);1H. The van der Waals surface area contributed by atoms with Crippen LogP contribution in [-0.2, 0) is 6.42 Å². The van der Waals surface area contributed by atoms with Gasteiger partial charge < -0.3 is 19.8 Å². The number of nitrogens with one attached hydrogen (secondary N) is 2. The van der Waals surface area contributed by atoms with Gasteiger partial charge in [-0.1, -0.05) is 6.07 Å². The van der Waals surface area contributed by atoms with Crippen molar-refractivity contribution in [1.82, 2.24) is 20.0 Å². The van der Waals surface area contributed by atoms with Crippen LogP contribution in [0.25, 0.3) is 5.65 Å². The van der Waals surface area contributed by atoms with Crippen molar-refractivity contribution >= 4 is 35.6 Å². The first-order chi connectivity index (χ1) is 13.6. The van der Waals surface area contributed by atoms with Crippen LogP contribution in [0.3, 0.4) is 0 Å². The van der Waals surface area contributed by atoms with Crippen molar-refractivity contribution in [2.24, 2.45) is 4.99 Å². The predicted octanol–water partition coefficient (Wildman–Crippen LogP) is 3.33. The molecule has 3 rings (SSSR count). The number of hydrogen-bond donors (Lipinski definition) is 2. The third-order valence-electron chi connectivity index (χ3n) is 4.17. The number of rotatable bonds is 7. The van der Waals surface area contributed by atoms with Crippen LogP contribution in [0.15, 0.2) is 47.7 Å².